The molecule has 1 unspecified atom stereocenters. The van der Waals surface area contributed by atoms with Crippen LogP contribution in [0.15, 0.2) is 91.3 Å². The van der Waals surface area contributed by atoms with Gasteiger partial charge in [-0.05, 0) is 30.0 Å². The van der Waals surface area contributed by atoms with E-state index in [9.17, 15) is 9.90 Å². The summed E-state index contributed by atoms with van der Waals surface area (Å²) in [7, 11) is 0. The number of hydrogen-bond acceptors (Lipinski definition) is 5. The van der Waals surface area contributed by atoms with E-state index in [0.717, 1.165) is 22.3 Å². The van der Waals surface area contributed by atoms with Crippen molar-refractivity contribution in [3.63, 3.8) is 0 Å². The molecule has 0 spiro atoms. The molecule has 6 nitrogen and oxygen atoms in total. The molecular formula is C30H32N2O4. The molecule has 0 aliphatic rings. The molecule has 36 heavy (non-hydrogen) atoms. The molecule has 3 aromatic carbocycles. The predicted molar refractivity (Wildman–Crippen MR) is 140 cm³/mol. The third-order valence-corrected chi connectivity index (χ3v) is 5.43. The maximum absolute atomic E-state index is 12.3. The summed E-state index contributed by atoms with van der Waals surface area (Å²) >= 11 is 0. The lowest BCUT2D eigenvalue weighted by molar-refractivity contribution is -0.138. The molecule has 0 amide bonds. The van der Waals surface area contributed by atoms with Gasteiger partial charge in [-0.2, -0.15) is 4.98 Å². The first-order chi connectivity index (χ1) is 17.6. The van der Waals surface area contributed by atoms with E-state index in [1.165, 1.54) is 6.33 Å². The van der Waals surface area contributed by atoms with Crippen molar-refractivity contribution in [1.82, 2.24) is 9.97 Å². The Morgan fingerprint density at radius 3 is 1.89 bits per heavy atom. The second-order valence-electron chi connectivity index (χ2n) is 8.02. The molecule has 4 rings (SSSR count). The number of hydrogen-bond donors (Lipinski definition) is 1. The van der Waals surface area contributed by atoms with Crippen LogP contribution in [0.5, 0.6) is 11.6 Å². The third kappa shape index (κ3) is 7.40. The number of aliphatic carboxylic acids is 1. The van der Waals surface area contributed by atoms with Crippen molar-refractivity contribution < 1.29 is 19.4 Å². The maximum atomic E-state index is 12.3. The van der Waals surface area contributed by atoms with Gasteiger partial charge >= 0.3 is 5.97 Å². The van der Waals surface area contributed by atoms with Crippen molar-refractivity contribution in [2.45, 2.75) is 46.3 Å². The van der Waals surface area contributed by atoms with Crippen molar-refractivity contribution in [2.24, 2.45) is 0 Å². The number of rotatable bonds is 10. The zero-order valence-corrected chi connectivity index (χ0v) is 20.9. The first kappa shape index (κ1) is 26.4. The highest BCUT2D eigenvalue weighted by Gasteiger charge is 2.29. The molecule has 4 aromatic rings. The van der Waals surface area contributed by atoms with Crippen LogP contribution in [0.1, 0.15) is 47.7 Å². The van der Waals surface area contributed by atoms with Crippen LogP contribution >= 0.6 is 0 Å². The summed E-state index contributed by atoms with van der Waals surface area (Å²) in [5.74, 6) is -1.44. The minimum absolute atomic E-state index is 0.222. The Kier molecular flexibility index (Phi) is 10.0. The first-order valence-corrected chi connectivity index (χ1v) is 12.1. The molecule has 1 heterocycles. The van der Waals surface area contributed by atoms with Crippen LogP contribution in [-0.4, -0.2) is 21.0 Å². The van der Waals surface area contributed by atoms with E-state index in [2.05, 4.69) is 9.97 Å². The van der Waals surface area contributed by atoms with Crippen LogP contribution in [0.4, 0.5) is 0 Å². The van der Waals surface area contributed by atoms with Gasteiger partial charge in [-0.15, -0.1) is 0 Å². The van der Waals surface area contributed by atoms with E-state index in [1.807, 2.05) is 106 Å². The van der Waals surface area contributed by atoms with Gasteiger partial charge in [-0.3, -0.25) is 4.79 Å². The molecule has 1 aromatic heterocycles. The van der Waals surface area contributed by atoms with Crippen molar-refractivity contribution in [2.75, 3.05) is 0 Å². The van der Waals surface area contributed by atoms with Crippen LogP contribution in [0.2, 0.25) is 0 Å². The smallest absolute Gasteiger partial charge is 0.313 e. The Labute approximate surface area is 212 Å². The minimum atomic E-state index is -0.988. The number of ether oxygens (including phenoxy) is 2. The van der Waals surface area contributed by atoms with Crippen molar-refractivity contribution in [3.8, 4) is 11.6 Å². The molecule has 186 valence electrons. The van der Waals surface area contributed by atoms with E-state index >= 15 is 0 Å². The molecule has 0 bridgehead atoms. The number of carboxylic acid groups (broad SMARTS) is 1. The standard InChI is InChI=1S/C28H26N2O4.C2H6/c1-20-12-14-21(15-13-20)16-24(28(31)32)25-26(33-17-22-8-4-2-5-9-22)27(30-19-29-25)34-18-23-10-6-3-7-11-23;1-2/h2-15,19,24H,16-18H2,1H3,(H,31,32);1-2H3. The average Bonchev–Trinajstić information content (AvgIpc) is 2.92. The number of aromatic nitrogens is 2. The normalized spacial score (nSPS) is 11.1. The monoisotopic (exact) mass is 484 g/mol. The van der Waals surface area contributed by atoms with Crippen LogP contribution in [0, 0.1) is 6.92 Å². The van der Waals surface area contributed by atoms with Gasteiger partial charge in [-0.1, -0.05) is 104 Å². The number of aryl methyl sites for hydroxylation is 1. The van der Waals surface area contributed by atoms with E-state index in [-0.39, 0.29) is 31.3 Å². The van der Waals surface area contributed by atoms with Gasteiger partial charge < -0.3 is 14.6 Å². The molecule has 1 atom stereocenters. The summed E-state index contributed by atoms with van der Waals surface area (Å²) in [6.07, 6.45) is 1.60. The lowest BCUT2D eigenvalue weighted by Crippen LogP contribution is -2.18. The highest BCUT2D eigenvalue weighted by atomic mass is 16.5. The fraction of sp³-hybridized carbons (Fsp3) is 0.233. The number of carboxylic acids is 1. The molecule has 0 aliphatic carbocycles. The summed E-state index contributed by atoms with van der Waals surface area (Å²) in [5, 5.41) is 10.1. The van der Waals surface area contributed by atoms with Gasteiger partial charge in [-0.25, -0.2) is 4.98 Å². The molecule has 0 radical (unpaired) electrons. The van der Waals surface area contributed by atoms with E-state index in [0.29, 0.717) is 5.69 Å². The summed E-state index contributed by atoms with van der Waals surface area (Å²) in [6, 6.07) is 27.1. The molecular weight excluding hydrogens is 452 g/mol. The Morgan fingerprint density at radius 2 is 1.33 bits per heavy atom. The van der Waals surface area contributed by atoms with Gasteiger partial charge in [0.05, 0.1) is 0 Å². The highest BCUT2D eigenvalue weighted by molar-refractivity contribution is 5.77. The Bertz CT molecular complexity index is 1210. The first-order valence-electron chi connectivity index (χ1n) is 12.1. The highest BCUT2D eigenvalue weighted by Crippen LogP contribution is 2.35. The number of carbonyl (C=O) groups is 1. The van der Waals surface area contributed by atoms with E-state index in [1.54, 1.807) is 0 Å². The fourth-order valence-corrected chi connectivity index (χ4v) is 3.57. The second kappa shape index (κ2) is 13.6. The van der Waals surface area contributed by atoms with Gasteiger partial charge in [0.1, 0.15) is 31.2 Å². The van der Waals surface area contributed by atoms with Gasteiger partial charge in [0.2, 0.25) is 5.75 Å². The summed E-state index contributed by atoms with van der Waals surface area (Å²) < 4.78 is 12.1. The molecule has 0 aliphatic heterocycles. The number of nitrogens with zero attached hydrogens (tertiary/aromatic N) is 2. The average molecular weight is 485 g/mol. The summed E-state index contributed by atoms with van der Waals surface area (Å²) in [6.45, 7) is 6.50. The molecule has 1 N–H and O–H groups in total. The molecule has 0 saturated heterocycles. The lowest BCUT2D eigenvalue weighted by Gasteiger charge is -2.19. The lowest BCUT2D eigenvalue weighted by atomic mass is 9.95. The Hall–Kier alpha value is -4.19. The Balaban J connectivity index is 0.00000176. The van der Waals surface area contributed by atoms with Crippen LogP contribution in [-0.2, 0) is 24.4 Å². The summed E-state index contributed by atoms with van der Waals surface area (Å²) in [4.78, 5) is 21.0. The minimum Gasteiger partial charge on any atom is -0.482 e. The second-order valence-corrected chi connectivity index (χ2v) is 8.02. The van der Waals surface area contributed by atoms with Crippen molar-refractivity contribution >= 4 is 5.97 Å². The molecule has 0 saturated carbocycles. The molecule has 0 fully saturated rings. The van der Waals surface area contributed by atoms with Crippen LogP contribution in [0.3, 0.4) is 0 Å². The van der Waals surface area contributed by atoms with E-state index in [4.69, 9.17) is 9.47 Å². The third-order valence-electron chi connectivity index (χ3n) is 5.43. The number of benzene rings is 3. The quantitative estimate of drug-likeness (QED) is 0.281. The van der Waals surface area contributed by atoms with Gasteiger partial charge in [0.25, 0.3) is 5.88 Å². The Morgan fingerprint density at radius 1 is 0.778 bits per heavy atom. The maximum Gasteiger partial charge on any atom is 0.313 e. The SMILES string of the molecule is CC.Cc1ccc(CC(C(=O)O)c2ncnc(OCc3ccccc3)c2OCc2ccccc2)cc1. The van der Waals surface area contributed by atoms with Crippen molar-refractivity contribution in [3.05, 3.63) is 119 Å². The van der Waals surface area contributed by atoms with Crippen molar-refractivity contribution in [1.29, 1.82) is 0 Å². The van der Waals surface area contributed by atoms with Gasteiger partial charge in [0.15, 0.2) is 0 Å². The zero-order chi connectivity index (χ0) is 25.8. The van der Waals surface area contributed by atoms with Gasteiger partial charge in [0, 0.05) is 0 Å². The topological polar surface area (TPSA) is 81.5 Å². The van der Waals surface area contributed by atoms with Crippen LogP contribution < -0.4 is 9.47 Å². The predicted octanol–water partition coefficient (Wildman–Crippen LogP) is 6.38. The zero-order valence-electron chi connectivity index (χ0n) is 20.9. The summed E-state index contributed by atoms with van der Waals surface area (Å²) in [5.41, 5.74) is 4.21. The van der Waals surface area contributed by atoms with E-state index < -0.39 is 11.9 Å². The van der Waals surface area contributed by atoms with Crippen LogP contribution in [0.25, 0.3) is 0 Å². The largest absolute Gasteiger partial charge is 0.482 e. The fourth-order valence-electron chi connectivity index (χ4n) is 3.57. The molecule has 6 heteroatoms.